The van der Waals surface area contributed by atoms with Crippen LogP contribution in [0.2, 0.25) is 0 Å². The molecule has 2 heterocycles. The molecular formula is C7H7NO4. The fraction of sp³-hybridized carbons (Fsp3) is 0.571. The molecule has 2 aliphatic heterocycles. The second-order valence-electron chi connectivity index (χ2n) is 2.94. The number of aldehydes is 1. The Kier molecular flexibility index (Phi) is 1.47. The van der Waals surface area contributed by atoms with E-state index in [0.717, 1.165) is 0 Å². The van der Waals surface area contributed by atoms with Crippen LogP contribution in [-0.2, 0) is 9.53 Å². The monoisotopic (exact) mass is 169 g/mol. The highest BCUT2D eigenvalue weighted by atomic mass is 16.6. The predicted molar refractivity (Wildman–Crippen MR) is 38.1 cm³/mol. The quantitative estimate of drug-likeness (QED) is 0.248. The molecule has 0 saturated carbocycles. The molecular weight excluding hydrogens is 162 g/mol. The Bertz CT molecular complexity index is 262. The van der Waals surface area contributed by atoms with E-state index in [4.69, 9.17) is 4.74 Å². The fourth-order valence-electron chi connectivity index (χ4n) is 1.74. The van der Waals surface area contributed by atoms with Gasteiger partial charge < -0.3 is 9.53 Å². The largest absolute Gasteiger partial charge is 0.359 e. The molecule has 2 aliphatic rings. The van der Waals surface area contributed by atoms with Crippen LogP contribution in [0.25, 0.3) is 0 Å². The van der Waals surface area contributed by atoms with Crippen LogP contribution in [-0.4, -0.2) is 29.5 Å². The van der Waals surface area contributed by atoms with Gasteiger partial charge in [0.15, 0.2) is 0 Å². The van der Waals surface area contributed by atoms with E-state index >= 15 is 0 Å². The molecule has 0 radical (unpaired) electrons. The topological polar surface area (TPSA) is 69.4 Å². The van der Waals surface area contributed by atoms with Crippen molar-refractivity contribution >= 4 is 6.29 Å². The molecule has 1 saturated heterocycles. The van der Waals surface area contributed by atoms with Gasteiger partial charge in [-0.2, -0.15) is 0 Å². The molecule has 0 spiro atoms. The van der Waals surface area contributed by atoms with E-state index in [1.165, 1.54) is 0 Å². The first kappa shape index (κ1) is 7.42. The molecule has 12 heavy (non-hydrogen) atoms. The molecule has 0 aromatic carbocycles. The van der Waals surface area contributed by atoms with Crippen LogP contribution >= 0.6 is 0 Å². The van der Waals surface area contributed by atoms with Crippen molar-refractivity contribution < 1.29 is 14.5 Å². The highest BCUT2D eigenvalue weighted by molar-refractivity contribution is 5.58. The summed E-state index contributed by atoms with van der Waals surface area (Å²) in [4.78, 5) is 20.5. The van der Waals surface area contributed by atoms with E-state index in [1.807, 2.05) is 0 Å². The first-order valence-electron chi connectivity index (χ1n) is 3.66. The molecule has 1 fully saturated rings. The number of carbonyl (C=O) groups is 1. The van der Waals surface area contributed by atoms with E-state index in [9.17, 15) is 14.9 Å². The number of hydrogen-bond acceptors (Lipinski definition) is 4. The van der Waals surface area contributed by atoms with Gasteiger partial charge in [0.25, 0.3) is 6.04 Å². The number of hydrogen-bond donors (Lipinski definition) is 0. The van der Waals surface area contributed by atoms with Gasteiger partial charge in [0.2, 0.25) is 0 Å². The third-order valence-corrected chi connectivity index (χ3v) is 2.32. The number of rotatable bonds is 2. The number of nitrogens with zero attached hydrogens (tertiary/aromatic N) is 1. The highest BCUT2D eigenvalue weighted by Crippen LogP contribution is 2.34. The number of fused-ring (bicyclic) bond motifs is 2. The van der Waals surface area contributed by atoms with Gasteiger partial charge in [0, 0.05) is 4.92 Å². The van der Waals surface area contributed by atoms with Crippen LogP contribution in [0.5, 0.6) is 0 Å². The average Bonchev–Trinajstić information content (AvgIpc) is 2.60. The molecule has 4 atom stereocenters. The van der Waals surface area contributed by atoms with Gasteiger partial charge in [0.1, 0.15) is 18.3 Å². The molecule has 0 unspecified atom stereocenters. The second-order valence-corrected chi connectivity index (χ2v) is 2.94. The Morgan fingerprint density at radius 2 is 2.08 bits per heavy atom. The van der Waals surface area contributed by atoms with Crippen molar-refractivity contribution in [3.8, 4) is 0 Å². The summed E-state index contributed by atoms with van der Waals surface area (Å²) < 4.78 is 5.17. The fourth-order valence-corrected chi connectivity index (χ4v) is 1.74. The molecule has 0 aromatic rings. The maximum absolute atomic E-state index is 10.5. The second kappa shape index (κ2) is 2.38. The van der Waals surface area contributed by atoms with Gasteiger partial charge in [-0.3, -0.25) is 10.1 Å². The predicted octanol–water partition coefficient (Wildman–Crippen LogP) is -0.216. The summed E-state index contributed by atoms with van der Waals surface area (Å²) in [5, 5.41) is 10.5. The smallest absolute Gasteiger partial charge is 0.254 e. The first-order chi connectivity index (χ1) is 5.74. The van der Waals surface area contributed by atoms with E-state index < -0.39 is 23.0 Å². The minimum Gasteiger partial charge on any atom is -0.359 e. The van der Waals surface area contributed by atoms with Gasteiger partial charge in [-0.05, 0) is 0 Å². The lowest BCUT2D eigenvalue weighted by Gasteiger charge is -2.11. The van der Waals surface area contributed by atoms with E-state index in [0.29, 0.717) is 6.29 Å². The Labute approximate surface area is 68.2 Å². The van der Waals surface area contributed by atoms with E-state index in [-0.39, 0.29) is 6.10 Å². The van der Waals surface area contributed by atoms with Crippen molar-refractivity contribution in [1.29, 1.82) is 0 Å². The van der Waals surface area contributed by atoms with Crippen molar-refractivity contribution in [2.24, 2.45) is 5.92 Å². The van der Waals surface area contributed by atoms with Crippen LogP contribution in [0.4, 0.5) is 0 Å². The number of nitro groups is 1. The zero-order valence-corrected chi connectivity index (χ0v) is 6.12. The minimum absolute atomic E-state index is 0.372. The van der Waals surface area contributed by atoms with E-state index in [2.05, 4.69) is 0 Å². The summed E-state index contributed by atoms with van der Waals surface area (Å²) in [5.74, 6) is -0.602. The Hall–Kier alpha value is -1.23. The molecule has 2 bridgehead atoms. The lowest BCUT2D eigenvalue weighted by Crippen LogP contribution is -2.37. The van der Waals surface area contributed by atoms with Crippen LogP contribution in [0, 0.1) is 16.0 Å². The summed E-state index contributed by atoms with van der Waals surface area (Å²) >= 11 is 0. The Morgan fingerprint density at radius 3 is 2.58 bits per heavy atom. The standard InChI is InChI=1S/C7H7NO4/c9-3-4-5-1-2-6(12-5)7(4)8(10)11/h1-7H/t4-,5-,6+,7+/m1/s1. The summed E-state index contributed by atoms with van der Waals surface area (Å²) in [6.07, 6.45) is 3.10. The van der Waals surface area contributed by atoms with Gasteiger partial charge in [0.05, 0.1) is 6.10 Å². The van der Waals surface area contributed by atoms with Crippen molar-refractivity contribution in [1.82, 2.24) is 0 Å². The molecule has 0 aliphatic carbocycles. The van der Waals surface area contributed by atoms with Gasteiger partial charge in [-0.25, -0.2) is 0 Å². The Balaban J connectivity index is 2.28. The lowest BCUT2D eigenvalue weighted by molar-refractivity contribution is -0.529. The van der Waals surface area contributed by atoms with Crippen molar-refractivity contribution in [3.05, 3.63) is 22.3 Å². The molecule has 0 N–H and O–H groups in total. The highest BCUT2D eigenvalue weighted by Gasteiger charge is 2.53. The summed E-state index contributed by atoms with van der Waals surface area (Å²) in [6, 6.07) is -0.877. The molecule has 64 valence electrons. The lowest BCUT2D eigenvalue weighted by atomic mass is 9.91. The molecule has 2 rings (SSSR count). The van der Waals surface area contributed by atoms with Gasteiger partial charge in [-0.15, -0.1) is 0 Å². The van der Waals surface area contributed by atoms with Crippen LogP contribution in [0.15, 0.2) is 12.2 Å². The zero-order valence-electron chi connectivity index (χ0n) is 6.12. The number of carbonyl (C=O) groups excluding carboxylic acids is 1. The number of ether oxygens (including phenoxy) is 1. The van der Waals surface area contributed by atoms with Crippen molar-refractivity contribution in [2.45, 2.75) is 18.2 Å². The molecule has 5 nitrogen and oxygen atoms in total. The summed E-state index contributed by atoms with van der Waals surface area (Å²) in [6.45, 7) is 0. The normalized spacial score (nSPS) is 43.3. The summed E-state index contributed by atoms with van der Waals surface area (Å²) in [5.41, 5.74) is 0. The van der Waals surface area contributed by atoms with Crippen LogP contribution in [0.3, 0.4) is 0 Å². The zero-order chi connectivity index (χ0) is 8.72. The molecule has 5 heteroatoms. The SMILES string of the molecule is O=C[C@H]1[C@H]([N+](=O)[O-])[C@@H]2C=C[C@H]1O2. The van der Waals surface area contributed by atoms with Crippen LogP contribution < -0.4 is 0 Å². The maximum Gasteiger partial charge on any atom is 0.254 e. The van der Waals surface area contributed by atoms with E-state index in [1.54, 1.807) is 12.2 Å². The minimum atomic E-state index is -0.877. The maximum atomic E-state index is 10.5. The summed E-state index contributed by atoms with van der Waals surface area (Å²) in [7, 11) is 0. The first-order valence-corrected chi connectivity index (χ1v) is 3.66. The van der Waals surface area contributed by atoms with Gasteiger partial charge >= 0.3 is 0 Å². The molecule has 0 amide bonds. The Morgan fingerprint density at radius 1 is 1.42 bits per heavy atom. The third-order valence-electron chi connectivity index (χ3n) is 2.32. The molecule has 0 aromatic heterocycles. The van der Waals surface area contributed by atoms with Crippen LogP contribution in [0.1, 0.15) is 0 Å². The average molecular weight is 169 g/mol. The van der Waals surface area contributed by atoms with Gasteiger partial charge in [-0.1, -0.05) is 12.2 Å². The third kappa shape index (κ3) is 0.797. The van der Waals surface area contributed by atoms with Crippen molar-refractivity contribution in [2.75, 3.05) is 0 Å². The van der Waals surface area contributed by atoms with Crippen molar-refractivity contribution in [3.63, 3.8) is 0 Å².